The van der Waals surface area contributed by atoms with Crippen molar-refractivity contribution in [2.75, 3.05) is 7.11 Å². The lowest BCUT2D eigenvalue weighted by atomic mass is 9.81. The lowest BCUT2D eigenvalue weighted by molar-refractivity contribution is -0.154. The monoisotopic (exact) mass is 467 g/mol. The molecular formula is C27H33NO6. The van der Waals surface area contributed by atoms with Crippen LogP contribution < -0.4 is 9.47 Å². The summed E-state index contributed by atoms with van der Waals surface area (Å²) in [5.74, 6) is -1.38. The summed E-state index contributed by atoms with van der Waals surface area (Å²) in [6, 6.07) is 11.7. The van der Waals surface area contributed by atoms with Crippen LogP contribution in [0.25, 0.3) is 0 Å². The van der Waals surface area contributed by atoms with Gasteiger partial charge in [-0.15, -0.1) is 0 Å². The number of hydrogen-bond acceptors (Lipinski definition) is 7. The molecule has 1 aromatic carbocycles. The number of hydrogen-bond donors (Lipinski definition) is 0. The average molecular weight is 468 g/mol. The Kier molecular flexibility index (Phi) is 8.79. The zero-order valence-corrected chi connectivity index (χ0v) is 20.3. The molecule has 3 rings (SSSR count). The van der Waals surface area contributed by atoms with Crippen LogP contribution in [0.4, 0.5) is 0 Å². The van der Waals surface area contributed by atoms with Gasteiger partial charge < -0.3 is 14.2 Å². The first-order valence-corrected chi connectivity index (χ1v) is 11.8. The van der Waals surface area contributed by atoms with E-state index in [2.05, 4.69) is 17.1 Å². The Labute approximate surface area is 200 Å². The van der Waals surface area contributed by atoms with Gasteiger partial charge in [-0.3, -0.25) is 14.4 Å². The zero-order chi connectivity index (χ0) is 24.7. The maximum absolute atomic E-state index is 13.0. The van der Waals surface area contributed by atoms with Crippen LogP contribution in [0.5, 0.6) is 11.5 Å². The Hall–Kier alpha value is -3.22. The van der Waals surface area contributed by atoms with E-state index in [4.69, 9.17) is 14.2 Å². The topological polar surface area (TPSA) is 91.8 Å². The average Bonchev–Trinajstić information content (AvgIpc) is 3.33. The largest absolute Gasteiger partial charge is 0.493 e. The number of aromatic nitrogens is 1. The van der Waals surface area contributed by atoms with Gasteiger partial charge in [-0.1, -0.05) is 50.1 Å². The Bertz CT molecular complexity index is 999. The van der Waals surface area contributed by atoms with Crippen LogP contribution in [0.3, 0.4) is 0 Å². The van der Waals surface area contributed by atoms with Gasteiger partial charge in [0.05, 0.1) is 13.0 Å². The second-order valence-electron chi connectivity index (χ2n) is 8.94. The van der Waals surface area contributed by atoms with Crippen molar-refractivity contribution < 1.29 is 28.6 Å². The van der Waals surface area contributed by atoms with Gasteiger partial charge in [-0.2, -0.15) is 0 Å². The van der Waals surface area contributed by atoms with Crippen molar-refractivity contribution in [3.8, 4) is 11.5 Å². The molecule has 1 saturated carbocycles. The van der Waals surface area contributed by atoms with Gasteiger partial charge in [-0.25, -0.2) is 4.98 Å². The quantitative estimate of drug-likeness (QED) is 0.353. The fourth-order valence-electron chi connectivity index (χ4n) is 4.78. The predicted octanol–water partition coefficient (Wildman–Crippen LogP) is 5.13. The van der Waals surface area contributed by atoms with Crippen molar-refractivity contribution >= 4 is 17.7 Å². The molecule has 7 heteroatoms. The maximum Gasteiger partial charge on any atom is 0.309 e. The Morgan fingerprint density at radius 2 is 1.74 bits per heavy atom. The number of benzene rings is 1. The third kappa shape index (κ3) is 6.22. The molecule has 0 N–H and O–H groups in total. The highest BCUT2D eigenvalue weighted by atomic mass is 16.6. The van der Waals surface area contributed by atoms with Gasteiger partial charge in [0.15, 0.2) is 17.2 Å². The van der Waals surface area contributed by atoms with E-state index in [0.29, 0.717) is 5.92 Å². The first kappa shape index (κ1) is 25.4. The third-order valence-corrected chi connectivity index (χ3v) is 6.39. The van der Waals surface area contributed by atoms with Crippen LogP contribution in [-0.4, -0.2) is 35.9 Å². The molecule has 1 aromatic heterocycles. The minimum absolute atomic E-state index is 0.0400. The number of pyridine rings is 1. The molecule has 34 heavy (non-hydrogen) atoms. The number of carbonyl (C=O) groups is 3. The number of Topliss-reactive ketones (excluding diaryl/α,β-unsaturated/α-hetero) is 1. The fourth-order valence-corrected chi connectivity index (χ4v) is 4.78. The summed E-state index contributed by atoms with van der Waals surface area (Å²) in [5.41, 5.74) is 1.13. The van der Waals surface area contributed by atoms with E-state index in [1.54, 1.807) is 6.92 Å². The number of carbonyl (C=O) groups excluding carboxylic acids is 3. The van der Waals surface area contributed by atoms with Gasteiger partial charge >= 0.3 is 11.9 Å². The Morgan fingerprint density at radius 3 is 2.35 bits per heavy atom. The summed E-state index contributed by atoms with van der Waals surface area (Å²) in [6.07, 6.45) is 5.58. The molecule has 0 bridgehead atoms. The van der Waals surface area contributed by atoms with Gasteiger partial charge in [-0.05, 0) is 31.2 Å². The van der Waals surface area contributed by atoms with Crippen molar-refractivity contribution in [1.29, 1.82) is 0 Å². The third-order valence-electron chi connectivity index (χ3n) is 6.39. The van der Waals surface area contributed by atoms with Gasteiger partial charge in [0.1, 0.15) is 6.10 Å². The summed E-state index contributed by atoms with van der Waals surface area (Å²) in [7, 11) is 1.41. The molecular weight excluding hydrogens is 434 g/mol. The van der Waals surface area contributed by atoms with Crippen molar-refractivity contribution in [3.63, 3.8) is 0 Å². The minimum atomic E-state index is -0.687. The molecule has 3 atom stereocenters. The van der Waals surface area contributed by atoms with Gasteiger partial charge in [0.2, 0.25) is 5.75 Å². The number of nitrogens with zero attached hydrogens (tertiary/aromatic N) is 1. The van der Waals surface area contributed by atoms with E-state index in [9.17, 15) is 14.4 Å². The molecule has 182 valence electrons. The molecule has 1 heterocycles. The maximum atomic E-state index is 13.0. The molecule has 0 saturated heterocycles. The first-order chi connectivity index (χ1) is 16.3. The van der Waals surface area contributed by atoms with Gasteiger partial charge in [0.25, 0.3) is 0 Å². The van der Waals surface area contributed by atoms with Crippen molar-refractivity contribution in [3.05, 3.63) is 53.9 Å². The minimum Gasteiger partial charge on any atom is -0.493 e. The van der Waals surface area contributed by atoms with E-state index in [0.717, 1.165) is 12.8 Å². The summed E-state index contributed by atoms with van der Waals surface area (Å²) in [5, 5.41) is 0. The highest BCUT2D eigenvalue weighted by Gasteiger charge is 2.34. The standard InChI is InChI=1S/C27H33NO6/c1-17(16-22(30)25-26(34-19(3)29)23(32-4)14-15-28-25)27(31)33-18(2)24(21-12-8-9-13-21)20-10-6-5-7-11-20/h5-7,10-11,14-15,17-18,21,24H,8-9,12-13,16H2,1-4H3/t17-,18+,24+/m1/s1. The Morgan fingerprint density at radius 1 is 1.06 bits per heavy atom. The second-order valence-corrected chi connectivity index (χ2v) is 8.94. The molecule has 0 radical (unpaired) electrons. The van der Waals surface area contributed by atoms with Crippen LogP contribution in [-0.2, 0) is 14.3 Å². The lowest BCUT2D eigenvalue weighted by Crippen LogP contribution is -2.30. The highest BCUT2D eigenvalue weighted by Crippen LogP contribution is 2.40. The predicted molar refractivity (Wildman–Crippen MR) is 127 cm³/mol. The van der Waals surface area contributed by atoms with Crippen molar-refractivity contribution in [2.45, 2.75) is 64.9 Å². The number of methoxy groups -OCH3 is 1. The van der Waals surface area contributed by atoms with E-state index >= 15 is 0 Å². The number of rotatable bonds is 10. The zero-order valence-electron chi connectivity index (χ0n) is 20.3. The van der Waals surface area contributed by atoms with E-state index < -0.39 is 23.6 Å². The number of esters is 2. The number of ether oxygens (including phenoxy) is 3. The smallest absolute Gasteiger partial charge is 0.309 e. The van der Waals surface area contributed by atoms with Gasteiger partial charge in [0, 0.05) is 31.5 Å². The second kappa shape index (κ2) is 11.8. The summed E-state index contributed by atoms with van der Waals surface area (Å²) in [6.45, 7) is 4.83. The normalized spacial score (nSPS) is 16.4. The lowest BCUT2D eigenvalue weighted by Gasteiger charge is -2.30. The molecule has 7 nitrogen and oxygen atoms in total. The van der Waals surface area contributed by atoms with Crippen LogP contribution >= 0.6 is 0 Å². The highest BCUT2D eigenvalue weighted by molar-refractivity contribution is 5.99. The molecule has 1 fully saturated rings. The Balaban J connectivity index is 1.70. The van der Waals surface area contributed by atoms with Crippen molar-refractivity contribution in [1.82, 2.24) is 4.98 Å². The fraction of sp³-hybridized carbons (Fsp3) is 0.481. The molecule has 2 aromatic rings. The molecule has 1 aliphatic carbocycles. The first-order valence-electron chi connectivity index (χ1n) is 11.8. The number of ketones is 1. The molecule has 0 aliphatic heterocycles. The van der Waals surface area contributed by atoms with E-state index in [1.807, 2.05) is 25.1 Å². The van der Waals surface area contributed by atoms with Crippen LogP contribution in [0.1, 0.15) is 74.8 Å². The molecule has 0 spiro atoms. The van der Waals surface area contributed by atoms with Crippen molar-refractivity contribution in [2.24, 2.45) is 11.8 Å². The summed E-state index contributed by atoms with van der Waals surface area (Å²) in [4.78, 5) is 41.5. The molecule has 0 amide bonds. The SMILES string of the molecule is COc1ccnc(C(=O)C[C@@H](C)C(=O)O[C@@H](C)[C@@H](c2ccccc2)C2CCCC2)c1OC(C)=O. The van der Waals surface area contributed by atoms with Crippen LogP contribution in [0, 0.1) is 11.8 Å². The summed E-state index contributed by atoms with van der Waals surface area (Å²) < 4.78 is 16.3. The molecule has 1 aliphatic rings. The van der Waals surface area contributed by atoms with Crippen LogP contribution in [0.15, 0.2) is 42.6 Å². The summed E-state index contributed by atoms with van der Waals surface area (Å²) >= 11 is 0. The molecule has 0 unspecified atom stereocenters. The van der Waals surface area contributed by atoms with E-state index in [-0.39, 0.29) is 35.6 Å². The van der Waals surface area contributed by atoms with Crippen LogP contribution in [0.2, 0.25) is 0 Å². The van der Waals surface area contributed by atoms with E-state index in [1.165, 1.54) is 44.7 Å².